The Morgan fingerprint density at radius 1 is 1.22 bits per heavy atom. The maximum absolute atomic E-state index is 10.1. The van der Waals surface area contributed by atoms with Crippen molar-refractivity contribution in [2.24, 2.45) is 12.8 Å². The number of nitrogens with zero attached hydrogens (tertiary/aromatic N) is 5. The molecular formula is C16H22N8O3. The Morgan fingerprint density at radius 2 is 2.00 bits per heavy atom. The molecule has 1 aromatic carbocycles. The third-order valence-electron chi connectivity index (χ3n) is 3.86. The second-order valence-corrected chi connectivity index (χ2v) is 6.15. The Kier molecular flexibility index (Phi) is 5.12. The van der Waals surface area contributed by atoms with Crippen LogP contribution in [0, 0.1) is 0 Å². The number of aromatic nitrogens is 5. The second-order valence-electron chi connectivity index (χ2n) is 6.15. The van der Waals surface area contributed by atoms with Crippen molar-refractivity contribution >= 4 is 22.9 Å². The molecule has 3 rings (SSSR count). The van der Waals surface area contributed by atoms with Crippen LogP contribution in [0.4, 0.5) is 11.8 Å². The van der Waals surface area contributed by atoms with Gasteiger partial charge < -0.3 is 31.3 Å². The minimum absolute atomic E-state index is 0.0168. The van der Waals surface area contributed by atoms with Gasteiger partial charge in [-0.1, -0.05) is 5.21 Å². The van der Waals surface area contributed by atoms with Gasteiger partial charge in [0.25, 0.3) is 0 Å². The van der Waals surface area contributed by atoms with Gasteiger partial charge in [-0.25, -0.2) is 4.68 Å². The first-order chi connectivity index (χ1) is 12.9. The normalized spacial score (nSPS) is 12.1. The fraction of sp³-hybridized carbons (Fsp3) is 0.375. The Morgan fingerprint density at radius 3 is 2.70 bits per heavy atom. The summed E-state index contributed by atoms with van der Waals surface area (Å²) in [5, 5.41) is 34.2. The standard InChI is InChI=1S/C16H22N8O3/c1-8(17)6-19-16-20-14(13-15(21-16)24(2)23-22-13)18-7-9-4-11(26)12(27-3)5-10(9)25/h4-5,8,25-26H,6-7,17H2,1-3H3,(H2,18,19,20,21). The van der Waals surface area contributed by atoms with Gasteiger partial charge in [-0.2, -0.15) is 9.97 Å². The summed E-state index contributed by atoms with van der Waals surface area (Å²) in [6.45, 7) is 2.57. The van der Waals surface area contributed by atoms with E-state index in [-0.39, 0.29) is 29.8 Å². The predicted octanol–water partition coefficient (Wildman–Crippen LogP) is 0.549. The van der Waals surface area contributed by atoms with Crippen LogP contribution in [0.3, 0.4) is 0 Å². The van der Waals surface area contributed by atoms with Crippen LogP contribution in [-0.2, 0) is 13.6 Å². The number of aryl methyl sites for hydroxylation is 1. The summed E-state index contributed by atoms with van der Waals surface area (Å²) in [6, 6.07) is 2.70. The lowest BCUT2D eigenvalue weighted by Gasteiger charge is -2.12. The molecule has 144 valence electrons. The molecule has 0 aliphatic rings. The van der Waals surface area contributed by atoms with Crippen LogP contribution in [0.1, 0.15) is 12.5 Å². The Balaban J connectivity index is 1.89. The Hall–Kier alpha value is -3.34. The molecule has 0 saturated carbocycles. The molecule has 1 atom stereocenters. The van der Waals surface area contributed by atoms with Crippen molar-refractivity contribution in [2.45, 2.75) is 19.5 Å². The highest BCUT2D eigenvalue weighted by Crippen LogP contribution is 2.33. The van der Waals surface area contributed by atoms with Crippen molar-refractivity contribution < 1.29 is 14.9 Å². The summed E-state index contributed by atoms with van der Waals surface area (Å²) >= 11 is 0. The van der Waals surface area contributed by atoms with E-state index in [1.807, 2.05) is 6.92 Å². The largest absolute Gasteiger partial charge is 0.507 e. The molecular weight excluding hydrogens is 352 g/mol. The van der Waals surface area contributed by atoms with E-state index >= 15 is 0 Å². The minimum Gasteiger partial charge on any atom is -0.507 e. The van der Waals surface area contributed by atoms with Crippen LogP contribution in [0.25, 0.3) is 11.2 Å². The van der Waals surface area contributed by atoms with E-state index < -0.39 is 0 Å². The van der Waals surface area contributed by atoms with E-state index in [0.717, 1.165) is 0 Å². The number of anilines is 2. The van der Waals surface area contributed by atoms with Gasteiger partial charge in [0, 0.05) is 37.8 Å². The number of rotatable bonds is 7. The first-order valence-corrected chi connectivity index (χ1v) is 8.28. The number of fused-ring (bicyclic) bond motifs is 1. The number of nitrogens with one attached hydrogen (secondary N) is 2. The summed E-state index contributed by atoms with van der Waals surface area (Å²) in [4.78, 5) is 8.80. The zero-order valence-electron chi connectivity index (χ0n) is 15.3. The highest BCUT2D eigenvalue weighted by molar-refractivity contribution is 5.83. The van der Waals surface area contributed by atoms with E-state index in [1.165, 1.54) is 23.9 Å². The number of hydrogen-bond donors (Lipinski definition) is 5. The molecule has 2 aromatic heterocycles. The lowest BCUT2D eigenvalue weighted by atomic mass is 10.1. The highest BCUT2D eigenvalue weighted by atomic mass is 16.5. The van der Waals surface area contributed by atoms with Gasteiger partial charge >= 0.3 is 0 Å². The fourth-order valence-corrected chi connectivity index (χ4v) is 2.45. The van der Waals surface area contributed by atoms with Crippen molar-refractivity contribution in [1.29, 1.82) is 0 Å². The maximum Gasteiger partial charge on any atom is 0.226 e. The van der Waals surface area contributed by atoms with Crippen LogP contribution < -0.4 is 21.1 Å². The smallest absolute Gasteiger partial charge is 0.226 e. The first kappa shape index (κ1) is 18.5. The summed E-state index contributed by atoms with van der Waals surface area (Å²) in [5.74, 6) is 0.928. The Bertz CT molecular complexity index is 956. The van der Waals surface area contributed by atoms with Crippen molar-refractivity contribution in [3.05, 3.63) is 17.7 Å². The number of benzene rings is 1. The van der Waals surface area contributed by atoms with Crippen molar-refractivity contribution in [3.63, 3.8) is 0 Å². The molecule has 0 saturated heterocycles. The highest BCUT2D eigenvalue weighted by Gasteiger charge is 2.15. The van der Waals surface area contributed by atoms with Gasteiger partial charge in [0.15, 0.2) is 28.5 Å². The number of phenols is 2. The topological polar surface area (TPSA) is 156 Å². The SMILES string of the molecule is COc1cc(O)c(CNc2nc(NCC(C)N)nc3c2nnn3C)cc1O. The zero-order chi connectivity index (χ0) is 19.6. The predicted molar refractivity (Wildman–Crippen MR) is 99.9 cm³/mol. The van der Waals surface area contributed by atoms with Gasteiger partial charge in [0.2, 0.25) is 5.95 Å². The average molecular weight is 374 g/mol. The summed E-state index contributed by atoms with van der Waals surface area (Å²) in [6.07, 6.45) is 0. The number of ether oxygens (including phenoxy) is 1. The van der Waals surface area contributed by atoms with E-state index in [1.54, 1.807) is 7.05 Å². The fourth-order valence-electron chi connectivity index (χ4n) is 2.45. The van der Waals surface area contributed by atoms with E-state index in [9.17, 15) is 10.2 Å². The summed E-state index contributed by atoms with van der Waals surface area (Å²) < 4.78 is 6.51. The van der Waals surface area contributed by atoms with Crippen molar-refractivity contribution in [2.75, 3.05) is 24.3 Å². The molecule has 2 heterocycles. The van der Waals surface area contributed by atoms with E-state index in [2.05, 4.69) is 30.9 Å². The number of nitrogens with two attached hydrogens (primary N) is 1. The monoisotopic (exact) mass is 374 g/mol. The molecule has 0 spiro atoms. The molecule has 11 heteroatoms. The summed E-state index contributed by atoms with van der Waals surface area (Å²) in [5.41, 5.74) is 7.26. The van der Waals surface area contributed by atoms with Gasteiger partial charge in [0.05, 0.1) is 7.11 Å². The lowest BCUT2D eigenvalue weighted by Crippen LogP contribution is -2.26. The quantitative estimate of drug-likeness (QED) is 0.370. The molecule has 0 amide bonds. The third-order valence-corrected chi connectivity index (χ3v) is 3.86. The molecule has 1 unspecified atom stereocenters. The average Bonchev–Trinajstić information content (AvgIpc) is 3.01. The van der Waals surface area contributed by atoms with Gasteiger partial charge in [-0.3, -0.25) is 0 Å². The first-order valence-electron chi connectivity index (χ1n) is 8.28. The van der Waals surface area contributed by atoms with E-state index in [0.29, 0.717) is 35.0 Å². The molecule has 0 fully saturated rings. The number of aromatic hydroxyl groups is 2. The molecule has 3 aromatic rings. The molecule has 6 N–H and O–H groups in total. The van der Waals surface area contributed by atoms with Crippen LogP contribution in [0.2, 0.25) is 0 Å². The third kappa shape index (κ3) is 3.92. The van der Waals surface area contributed by atoms with Crippen LogP contribution >= 0.6 is 0 Å². The molecule has 0 aliphatic carbocycles. The molecule has 0 aliphatic heterocycles. The van der Waals surface area contributed by atoms with Crippen LogP contribution in [0.15, 0.2) is 12.1 Å². The minimum atomic E-state index is -0.0706. The van der Waals surface area contributed by atoms with Gasteiger partial charge in [-0.05, 0) is 13.0 Å². The Labute approximate surface area is 155 Å². The van der Waals surface area contributed by atoms with Gasteiger partial charge in [0.1, 0.15) is 5.75 Å². The van der Waals surface area contributed by atoms with Crippen LogP contribution in [-0.4, -0.2) is 54.9 Å². The van der Waals surface area contributed by atoms with Crippen LogP contribution in [0.5, 0.6) is 17.2 Å². The maximum atomic E-state index is 10.1. The lowest BCUT2D eigenvalue weighted by molar-refractivity contribution is 0.367. The zero-order valence-corrected chi connectivity index (χ0v) is 15.3. The molecule has 11 nitrogen and oxygen atoms in total. The molecule has 0 radical (unpaired) electrons. The van der Waals surface area contributed by atoms with E-state index in [4.69, 9.17) is 10.5 Å². The molecule has 27 heavy (non-hydrogen) atoms. The number of methoxy groups -OCH3 is 1. The van der Waals surface area contributed by atoms with Crippen molar-refractivity contribution in [3.8, 4) is 17.2 Å². The second kappa shape index (κ2) is 7.50. The van der Waals surface area contributed by atoms with Crippen molar-refractivity contribution in [1.82, 2.24) is 25.0 Å². The van der Waals surface area contributed by atoms with Gasteiger partial charge in [-0.15, -0.1) is 5.10 Å². The number of phenolic OH excluding ortho intramolecular Hbond substituents is 2. The number of hydrogen-bond acceptors (Lipinski definition) is 10. The molecule has 0 bridgehead atoms. The summed E-state index contributed by atoms with van der Waals surface area (Å²) in [7, 11) is 3.14.